The predicted molar refractivity (Wildman–Crippen MR) is 65.7 cm³/mol. The van der Waals surface area contributed by atoms with Crippen LogP contribution in [0.4, 0.5) is 0 Å². The van der Waals surface area contributed by atoms with Crippen molar-refractivity contribution in [2.24, 2.45) is 0 Å². The van der Waals surface area contributed by atoms with Crippen LogP contribution in [0.1, 0.15) is 15.9 Å². The second kappa shape index (κ2) is 4.97. The lowest BCUT2D eigenvalue weighted by atomic mass is 10.2. The number of carboxylic acid groups (broad SMARTS) is 1. The number of hydrogen-bond acceptors (Lipinski definition) is 3. The molecule has 2 rings (SSSR count). The molecular formula is C12H11NO3S. The Morgan fingerprint density at radius 2 is 2.18 bits per heavy atom. The molecule has 0 aliphatic heterocycles. The molecule has 0 aliphatic rings. The van der Waals surface area contributed by atoms with Gasteiger partial charge in [0.15, 0.2) is 0 Å². The minimum absolute atomic E-state index is 0.134. The third-order valence-electron chi connectivity index (χ3n) is 2.45. The molecule has 2 aromatic rings. The van der Waals surface area contributed by atoms with Crippen LogP contribution in [0.25, 0.3) is 0 Å². The average Bonchev–Trinajstić information content (AvgIpc) is 2.80. The number of aromatic nitrogens is 1. The quantitative estimate of drug-likeness (QED) is 0.899. The summed E-state index contributed by atoms with van der Waals surface area (Å²) in [4.78, 5) is 22.3. The third-order valence-corrected chi connectivity index (χ3v) is 3.18. The van der Waals surface area contributed by atoms with Gasteiger partial charge in [-0.05, 0) is 34.9 Å². The molecule has 0 saturated heterocycles. The van der Waals surface area contributed by atoms with Gasteiger partial charge < -0.3 is 9.67 Å². The summed E-state index contributed by atoms with van der Waals surface area (Å²) >= 11 is 1.61. The third kappa shape index (κ3) is 2.82. The Bertz CT molecular complexity index is 572. The maximum Gasteiger partial charge on any atom is 0.337 e. The Hall–Kier alpha value is -1.88. The molecule has 0 radical (unpaired) electrons. The first kappa shape index (κ1) is 11.6. The predicted octanol–water partition coefficient (Wildman–Crippen LogP) is 1.85. The van der Waals surface area contributed by atoms with Gasteiger partial charge in [-0.3, -0.25) is 4.79 Å². The number of hydrogen-bond donors (Lipinski definition) is 1. The van der Waals surface area contributed by atoms with Crippen molar-refractivity contribution in [1.82, 2.24) is 4.57 Å². The molecule has 1 N–H and O–H groups in total. The Morgan fingerprint density at radius 1 is 1.35 bits per heavy atom. The van der Waals surface area contributed by atoms with E-state index in [4.69, 9.17) is 5.11 Å². The zero-order chi connectivity index (χ0) is 12.3. The standard InChI is InChI=1S/C12H11NO3S/c14-11-2-1-10(12(15)16)7-13(11)5-3-9-4-6-17-8-9/h1-2,4,6-8H,3,5H2,(H,15,16). The number of aryl methyl sites for hydroxylation is 2. The van der Waals surface area contributed by atoms with Gasteiger partial charge in [-0.1, -0.05) is 0 Å². The van der Waals surface area contributed by atoms with E-state index < -0.39 is 5.97 Å². The van der Waals surface area contributed by atoms with Crippen LogP contribution in [0, 0.1) is 0 Å². The van der Waals surface area contributed by atoms with Crippen molar-refractivity contribution in [1.29, 1.82) is 0 Å². The summed E-state index contributed by atoms with van der Waals surface area (Å²) in [5.74, 6) is -1.02. The maximum absolute atomic E-state index is 11.5. The highest BCUT2D eigenvalue weighted by Gasteiger charge is 2.05. The lowest BCUT2D eigenvalue weighted by Gasteiger charge is -2.05. The first-order valence-electron chi connectivity index (χ1n) is 5.11. The Balaban J connectivity index is 2.17. The van der Waals surface area contributed by atoms with Crippen LogP contribution in [0.5, 0.6) is 0 Å². The molecule has 0 spiro atoms. The SMILES string of the molecule is O=C(O)c1ccc(=O)n(CCc2ccsc2)c1. The fraction of sp³-hybridized carbons (Fsp3) is 0.167. The maximum atomic E-state index is 11.5. The second-order valence-electron chi connectivity index (χ2n) is 3.64. The number of nitrogens with zero attached hydrogens (tertiary/aromatic N) is 1. The zero-order valence-electron chi connectivity index (χ0n) is 9.00. The van der Waals surface area contributed by atoms with E-state index in [1.165, 1.54) is 22.9 Å². The molecule has 88 valence electrons. The van der Waals surface area contributed by atoms with E-state index in [1.54, 1.807) is 11.3 Å². The lowest BCUT2D eigenvalue weighted by molar-refractivity contribution is 0.0696. The summed E-state index contributed by atoms with van der Waals surface area (Å²) in [6, 6.07) is 4.61. The summed E-state index contributed by atoms with van der Waals surface area (Å²) in [5.41, 5.74) is 1.11. The monoisotopic (exact) mass is 249 g/mol. The van der Waals surface area contributed by atoms with Crippen LogP contribution < -0.4 is 5.56 Å². The van der Waals surface area contributed by atoms with Gasteiger partial charge in [0.05, 0.1) is 5.56 Å². The van der Waals surface area contributed by atoms with E-state index in [1.807, 2.05) is 16.8 Å². The summed E-state index contributed by atoms with van der Waals surface area (Å²) in [6.45, 7) is 0.497. The molecule has 2 heterocycles. The highest BCUT2D eigenvalue weighted by molar-refractivity contribution is 7.07. The first-order valence-corrected chi connectivity index (χ1v) is 6.06. The number of thiophene rings is 1. The van der Waals surface area contributed by atoms with Gasteiger partial charge in [-0.15, -0.1) is 0 Å². The van der Waals surface area contributed by atoms with E-state index >= 15 is 0 Å². The van der Waals surface area contributed by atoms with Crippen LogP contribution in [0.2, 0.25) is 0 Å². The van der Waals surface area contributed by atoms with Crippen LogP contribution in [0.3, 0.4) is 0 Å². The van der Waals surface area contributed by atoms with Gasteiger partial charge >= 0.3 is 5.97 Å². The fourth-order valence-electron chi connectivity index (χ4n) is 1.52. The van der Waals surface area contributed by atoms with Gasteiger partial charge in [0.1, 0.15) is 0 Å². The summed E-state index contributed by atoms with van der Waals surface area (Å²) < 4.78 is 1.43. The largest absolute Gasteiger partial charge is 0.478 e. The molecule has 0 atom stereocenters. The van der Waals surface area contributed by atoms with E-state index in [9.17, 15) is 9.59 Å². The summed E-state index contributed by atoms with van der Waals surface area (Å²) in [5, 5.41) is 12.8. The molecule has 4 nitrogen and oxygen atoms in total. The molecule has 0 amide bonds. The Kier molecular flexibility index (Phi) is 3.39. The van der Waals surface area contributed by atoms with E-state index in [-0.39, 0.29) is 11.1 Å². The van der Waals surface area contributed by atoms with Gasteiger partial charge in [-0.2, -0.15) is 11.3 Å². The molecule has 0 bridgehead atoms. The van der Waals surface area contributed by atoms with Gasteiger partial charge in [-0.25, -0.2) is 4.79 Å². The number of carbonyl (C=O) groups is 1. The molecule has 0 fully saturated rings. The molecule has 17 heavy (non-hydrogen) atoms. The van der Waals surface area contributed by atoms with Crippen molar-refractivity contribution in [3.05, 3.63) is 56.6 Å². The second-order valence-corrected chi connectivity index (χ2v) is 4.42. The van der Waals surface area contributed by atoms with Gasteiger partial charge in [0, 0.05) is 18.8 Å². The van der Waals surface area contributed by atoms with Crippen LogP contribution in [-0.4, -0.2) is 15.6 Å². The Morgan fingerprint density at radius 3 is 2.82 bits per heavy atom. The first-order chi connectivity index (χ1) is 8.16. The molecule has 0 unspecified atom stereocenters. The Labute approximate surface area is 102 Å². The topological polar surface area (TPSA) is 59.3 Å². The molecule has 0 saturated carbocycles. The fourth-order valence-corrected chi connectivity index (χ4v) is 2.22. The normalized spacial score (nSPS) is 10.4. The smallest absolute Gasteiger partial charge is 0.337 e. The number of carboxylic acids is 1. The molecule has 0 aliphatic carbocycles. The minimum atomic E-state index is -1.02. The van der Waals surface area contributed by atoms with E-state index in [2.05, 4.69) is 0 Å². The zero-order valence-corrected chi connectivity index (χ0v) is 9.81. The number of pyridine rings is 1. The van der Waals surface area contributed by atoms with E-state index in [0.29, 0.717) is 6.54 Å². The molecular weight excluding hydrogens is 238 g/mol. The van der Waals surface area contributed by atoms with E-state index in [0.717, 1.165) is 12.0 Å². The molecule has 2 aromatic heterocycles. The van der Waals surface area contributed by atoms with Gasteiger partial charge in [0.2, 0.25) is 0 Å². The van der Waals surface area contributed by atoms with Gasteiger partial charge in [0.25, 0.3) is 5.56 Å². The minimum Gasteiger partial charge on any atom is -0.478 e. The van der Waals surface area contributed by atoms with Crippen molar-refractivity contribution in [2.45, 2.75) is 13.0 Å². The van der Waals surface area contributed by atoms with Crippen molar-refractivity contribution in [3.63, 3.8) is 0 Å². The van der Waals surface area contributed by atoms with Crippen molar-refractivity contribution in [2.75, 3.05) is 0 Å². The highest BCUT2D eigenvalue weighted by atomic mass is 32.1. The highest BCUT2D eigenvalue weighted by Crippen LogP contribution is 2.07. The van der Waals surface area contributed by atoms with Crippen molar-refractivity contribution >= 4 is 17.3 Å². The summed E-state index contributed by atoms with van der Waals surface area (Å²) in [7, 11) is 0. The average molecular weight is 249 g/mol. The lowest BCUT2D eigenvalue weighted by Crippen LogP contribution is -2.21. The van der Waals surface area contributed by atoms with Crippen molar-refractivity contribution < 1.29 is 9.90 Å². The molecule has 5 heteroatoms. The van der Waals surface area contributed by atoms with Crippen molar-refractivity contribution in [3.8, 4) is 0 Å². The molecule has 0 aromatic carbocycles. The van der Waals surface area contributed by atoms with Crippen LogP contribution in [-0.2, 0) is 13.0 Å². The van der Waals surface area contributed by atoms with Crippen LogP contribution >= 0.6 is 11.3 Å². The summed E-state index contributed by atoms with van der Waals surface area (Å²) in [6.07, 6.45) is 2.11. The van der Waals surface area contributed by atoms with Crippen LogP contribution in [0.15, 0.2) is 40.0 Å². The number of rotatable bonds is 4. The number of aromatic carboxylic acids is 1.